The molecule has 1 aliphatic heterocycles. The first-order chi connectivity index (χ1) is 11.6. The Kier molecular flexibility index (Phi) is 4.65. The molecular formula is C18H18N2O4. The number of likely N-dealkylation sites (N-methyl/N-ethyl adjacent to an activating group) is 1. The second-order valence-electron chi connectivity index (χ2n) is 5.44. The molecule has 0 aliphatic carbocycles. The highest BCUT2D eigenvalue weighted by Gasteiger charge is 2.19. The Balaban J connectivity index is 1.58. The Labute approximate surface area is 140 Å². The van der Waals surface area contributed by atoms with Crippen LogP contribution in [0.4, 0.5) is 5.69 Å². The monoisotopic (exact) mass is 326 g/mol. The minimum absolute atomic E-state index is 0.0363. The molecule has 0 atom stereocenters. The van der Waals surface area contributed by atoms with Gasteiger partial charge in [0.1, 0.15) is 18.1 Å². The van der Waals surface area contributed by atoms with Crippen LogP contribution in [0.15, 0.2) is 48.5 Å². The van der Waals surface area contributed by atoms with E-state index in [1.54, 1.807) is 30.1 Å². The molecule has 6 nitrogen and oxygen atoms in total. The fourth-order valence-corrected chi connectivity index (χ4v) is 2.35. The molecule has 1 heterocycles. The smallest absolute Gasteiger partial charge is 0.262 e. The molecule has 24 heavy (non-hydrogen) atoms. The molecule has 0 saturated carbocycles. The van der Waals surface area contributed by atoms with Crippen molar-refractivity contribution in [1.29, 1.82) is 0 Å². The van der Waals surface area contributed by atoms with Crippen LogP contribution in [0.25, 0.3) is 0 Å². The molecule has 1 N–H and O–H groups in total. The average molecular weight is 326 g/mol. The minimum Gasteiger partial charge on any atom is -0.492 e. The van der Waals surface area contributed by atoms with E-state index >= 15 is 0 Å². The number of anilines is 1. The van der Waals surface area contributed by atoms with Gasteiger partial charge in [0.25, 0.3) is 11.8 Å². The van der Waals surface area contributed by atoms with Gasteiger partial charge in [-0.2, -0.15) is 0 Å². The number of hydrogen-bond acceptors (Lipinski definition) is 4. The summed E-state index contributed by atoms with van der Waals surface area (Å²) in [6.07, 6.45) is 0. The molecule has 2 aromatic carbocycles. The van der Waals surface area contributed by atoms with E-state index in [0.717, 1.165) is 5.75 Å². The van der Waals surface area contributed by atoms with E-state index < -0.39 is 0 Å². The first kappa shape index (κ1) is 15.9. The highest BCUT2D eigenvalue weighted by atomic mass is 16.5. The molecule has 0 spiro atoms. The molecule has 0 bridgehead atoms. The van der Waals surface area contributed by atoms with Gasteiger partial charge < -0.3 is 19.7 Å². The van der Waals surface area contributed by atoms with Gasteiger partial charge in [-0.15, -0.1) is 0 Å². The molecule has 124 valence electrons. The van der Waals surface area contributed by atoms with Gasteiger partial charge in [0.15, 0.2) is 6.61 Å². The Morgan fingerprint density at radius 3 is 2.83 bits per heavy atom. The summed E-state index contributed by atoms with van der Waals surface area (Å²) in [5, 5.41) is 2.70. The van der Waals surface area contributed by atoms with Gasteiger partial charge in [0, 0.05) is 12.6 Å². The number of carbonyl (C=O) groups is 2. The zero-order valence-corrected chi connectivity index (χ0v) is 13.3. The van der Waals surface area contributed by atoms with Crippen LogP contribution < -0.4 is 14.8 Å². The fourth-order valence-electron chi connectivity index (χ4n) is 2.35. The number of benzene rings is 2. The summed E-state index contributed by atoms with van der Waals surface area (Å²) in [4.78, 5) is 25.3. The van der Waals surface area contributed by atoms with E-state index in [4.69, 9.17) is 9.47 Å². The van der Waals surface area contributed by atoms with Gasteiger partial charge in [-0.3, -0.25) is 9.59 Å². The van der Waals surface area contributed by atoms with Crippen molar-refractivity contribution < 1.29 is 19.1 Å². The summed E-state index contributed by atoms with van der Waals surface area (Å²) in [6.45, 7) is 0.831. The van der Waals surface area contributed by atoms with Gasteiger partial charge in [-0.05, 0) is 30.3 Å². The SMILES string of the molecule is CN(CCOc1ccccc1)C(=O)c1ccc2c(c1)OCC(=O)N2. The molecule has 1 aliphatic rings. The lowest BCUT2D eigenvalue weighted by Crippen LogP contribution is -2.31. The lowest BCUT2D eigenvalue weighted by atomic mass is 10.1. The molecule has 2 aromatic rings. The molecule has 2 amide bonds. The maximum atomic E-state index is 12.5. The largest absolute Gasteiger partial charge is 0.492 e. The quantitative estimate of drug-likeness (QED) is 0.914. The highest BCUT2D eigenvalue weighted by Crippen LogP contribution is 2.28. The maximum Gasteiger partial charge on any atom is 0.262 e. The number of para-hydroxylation sites is 1. The van der Waals surface area contributed by atoms with E-state index in [2.05, 4.69) is 5.32 Å². The average Bonchev–Trinajstić information content (AvgIpc) is 2.61. The number of nitrogens with one attached hydrogen (secondary N) is 1. The van der Waals surface area contributed by atoms with Gasteiger partial charge in [0.2, 0.25) is 0 Å². The van der Waals surface area contributed by atoms with Gasteiger partial charge in [0.05, 0.1) is 12.2 Å². The lowest BCUT2D eigenvalue weighted by molar-refractivity contribution is -0.118. The van der Waals surface area contributed by atoms with Crippen LogP contribution in [0.3, 0.4) is 0 Å². The minimum atomic E-state index is -0.197. The zero-order chi connectivity index (χ0) is 16.9. The van der Waals surface area contributed by atoms with Crippen molar-refractivity contribution in [3.05, 3.63) is 54.1 Å². The van der Waals surface area contributed by atoms with E-state index in [-0.39, 0.29) is 18.4 Å². The molecule has 0 fully saturated rings. The molecule has 3 rings (SSSR count). The number of nitrogens with zero attached hydrogens (tertiary/aromatic N) is 1. The van der Waals surface area contributed by atoms with E-state index in [9.17, 15) is 9.59 Å². The number of rotatable bonds is 5. The standard InChI is InChI=1S/C18H18N2O4/c1-20(9-10-23-14-5-3-2-4-6-14)18(22)13-7-8-15-16(11-13)24-12-17(21)19-15/h2-8,11H,9-10,12H2,1H3,(H,19,21). The van der Waals surface area contributed by atoms with E-state index in [1.165, 1.54) is 0 Å². The summed E-state index contributed by atoms with van der Waals surface area (Å²) in [6, 6.07) is 14.5. The third-order valence-corrected chi connectivity index (χ3v) is 3.65. The van der Waals surface area contributed by atoms with Gasteiger partial charge in [-0.1, -0.05) is 18.2 Å². The first-order valence-corrected chi connectivity index (χ1v) is 7.63. The third-order valence-electron chi connectivity index (χ3n) is 3.65. The molecule has 0 unspecified atom stereocenters. The van der Waals surface area contributed by atoms with Gasteiger partial charge in [-0.25, -0.2) is 0 Å². The summed E-state index contributed by atoms with van der Waals surface area (Å²) >= 11 is 0. The topological polar surface area (TPSA) is 67.9 Å². The molecular weight excluding hydrogens is 308 g/mol. The summed E-state index contributed by atoms with van der Waals surface area (Å²) in [5.74, 6) is 0.956. The normalized spacial score (nSPS) is 12.6. The summed E-state index contributed by atoms with van der Waals surface area (Å²) in [5.41, 5.74) is 1.09. The van der Waals surface area contributed by atoms with Crippen molar-refractivity contribution >= 4 is 17.5 Å². The number of ether oxygens (including phenoxy) is 2. The Morgan fingerprint density at radius 1 is 1.25 bits per heavy atom. The lowest BCUT2D eigenvalue weighted by Gasteiger charge is -2.21. The van der Waals surface area contributed by atoms with Crippen molar-refractivity contribution in [3.8, 4) is 11.5 Å². The fraction of sp³-hybridized carbons (Fsp3) is 0.222. The van der Waals surface area contributed by atoms with E-state index in [0.29, 0.717) is 30.2 Å². The maximum absolute atomic E-state index is 12.5. The summed E-state index contributed by atoms with van der Waals surface area (Å²) < 4.78 is 10.9. The third kappa shape index (κ3) is 3.65. The van der Waals surface area contributed by atoms with E-state index in [1.807, 2.05) is 30.3 Å². The predicted octanol–water partition coefficient (Wildman–Crippen LogP) is 2.17. The number of amides is 2. The predicted molar refractivity (Wildman–Crippen MR) is 89.5 cm³/mol. The molecule has 0 radical (unpaired) electrons. The van der Waals surface area contributed by atoms with Crippen molar-refractivity contribution in [2.45, 2.75) is 0 Å². The Hall–Kier alpha value is -3.02. The zero-order valence-electron chi connectivity index (χ0n) is 13.3. The van der Waals surface area contributed by atoms with Crippen molar-refractivity contribution in [1.82, 2.24) is 4.90 Å². The van der Waals surface area contributed by atoms with Crippen LogP contribution in [0, 0.1) is 0 Å². The summed E-state index contributed by atoms with van der Waals surface area (Å²) in [7, 11) is 1.72. The number of fused-ring (bicyclic) bond motifs is 1. The molecule has 0 saturated heterocycles. The first-order valence-electron chi connectivity index (χ1n) is 7.63. The second kappa shape index (κ2) is 7.04. The highest BCUT2D eigenvalue weighted by molar-refractivity contribution is 5.98. The van der Waals surface area contributed by atoms with Crippen LogP contribution in [-0.2, 0) is 4.79 Å². The van der Waals surface area contributed by atoms with Crippen molar-refractivity contribution in [2.24, 2.45) is 0 Å². The van der Waals surface area contributed by atoms with Crippen LogP contribution in [0.5, 0.6) is 11.5 Å². The second-order valence-corrected chi connectivity index (χ2v) is 5.44. The number of hydrogen-bond donors (Lipinski definition) is 1. The van der Waals surface area contributed by atoms with Crippen LogP contribution in [0.2, 0.25) is 0 Å². The Bertz CT molecular complexity index is 746. The van der Waals surface area contributed by atoms with Crippen LogP contribution >= 0.6 is 0 Å². The van der Waals surface area contributed by atoms with Crippen LogP contribution in [0.1, 0.15) is 10.4 Å². The van der Waals surface area contributed by atoms with Gasteiger partial charge >= 0.3 is 0 Å². The van der Waals surface area contributed by atoms with Crippen molar-refractivity contribution in [2.75, 3.05) is 32.1 Å². The molecule has 0 aromatic heterocycles. The van der Waals surface area contributed by atoms with Crippen molar-refractivity contribution in [3.63, 3.8) is 0 Å². The van der Waals surface area contributed by atoms with Crippen LogP contribution in [-0.4, -0.2) is 43.5 Å². The molecule has 6 heteroatoms. The number of carbonyl (C=O) groups excluding carboxylic acids is 2. The Morgan fingerprint density at radius 2 is 2.04 bits per heavy atom.